The minimum Gasteiger partial charge on any atom is -0.480 e. The molecule has 10 heteroatoms. The van der Waals surface area contributed by atoms with Crippen LogP contribution < -0.4 is 9.47 Å². The van der Waals surface area contributed by atoms with Gasteiger partial charge in [-0.25, -0.2) is 9.78 Å². The Morgan fingerprint density at radius 3 is 2.44 bits per heavy atom. The van der Waals surface area contributed by atoms with Crippen LogP contribution in [0.4, 0.5) is 0 Å². The van der Waals surface area contributed by atoms with E-state index in [4.69, 9.17) is 32.7 Å². The standard InChI is InChI=1S/C24H21Cl2N3O5/c1-33-21-16(12-27-24(28-21)34-2)14-8-7-13(11-18(14)26)22(30)29-19(9-10-20(29)23(31)32)15-5-3-4-6-17(15)25/h3-8,11-12,19-20H,9-10H2,1-2H3,(H,31,32)/t19-,20+/m1/s1. The molecule has 0 aliphatic carbocycles. The average Bonchev–Trinajstić information content (AvgIpc) is 3.28. The highest BCUT2D eigenvalue weighted by Gasteiger charge is 2.42. The molecule has 8 nitrogen and oxygen atoms in total. The fraction of sp³-hybridized carbons (Fsp3) is 0.250. The Hall–Kier alpha value is -3.36. The summed E-state index contributed by atoms with van der Waals surface area (Å²) in [6, 6.07) is 10.6. The van der Waals surface area contributed by atoms with Gasteiger partial charge in [0.1, 0.15) is 6.04 Å². The predicted molar refractivity (Wildman–Crippen MR) is 127 cm³/mol. The van der Waals surface area contributed by atoms with Crippen LogP contribution in [0.3, 0.4) is 0 Å². The molecule has 0 saturated carbocycles. The van der Waals surface area contributed by atoms with Crippen molar-refractivity contribution in [2.75, 3.05) is 14.2 Å². The number of aromatic nitrogens is 2. The lowest BCUT2D eigenvalue weighted by Gasteiger charge is -2.29. The Morgan fingerprint density at radius 1 is 1.03 bits per heavy atom. The molecule has 0 bridgehead atoms. The molecule has 2 atom stereocenters. The van der Waals surface area contributed by atoms with Crippen LogP contribution in [0.5, 0.6) is 11.9 Å². The zero-order chi connectivity index (χ0) is 24.4. The number of carboxylic acid groups (broad SMARTS) is 1. The van der Waals surface area contributed by atoms with Crippen molar-refractivity contribution in [3.8, 4) is 23.0 Å². The van der Waals surface area contributed by atoms with Crippen LogP contribution in [0.25, 0.3) is 11.1 Å². The topological polar surface area (TPSA) is 102 Å². The molecule has 4 rings (SSSR count). The summed E-state index contributed by atoms with van der Waals surface area (Å²) in [5.74, 6) is -1.25. The number of hydrogen-bond donors (Lipinski definition) is 1. The van der Waals surface area contributed by atoms with Crippen LogP contribution in [0.1, 0.15) is 34.8 Å². The van der Waals surface area contributed by atoms with Crippen molar-refractivity contribution in [2.24, 2.45) is 0 Å². The fourth-order valence-corrected chi connectivity index (χ4v) is 4.74. The summed E-state index contributed by atoms with van der Waals surface area (Å²) in [6.45, 7) is 0. The van der Waals surface area contributed by atoms with Gasteiger partial charge in [-0.05, 0) is 36.6 Å². The molecule has 0 unspecified atom stereocenters. The molecule has 1 saturated heterocycles. The first kappa shape index (κ1) is 23.8. The van der Waals surface area contributed by atoms with Crippen molar-refractivity contribution in [1.82, 2.24) is 14.9 Å². The number of aliphatic carboxylic acids is 1. The van der Waals surface area contributed by atoms with E-state index in [0.29, 0.717) is 34.6 Å². The molecule has 2 heterocycles. The lowest BCUT2D eigenvalue weighted by molar-refractivity contribution is -0.141. The predicted octanol–water partition coefficient (Wildman–Crippen LogP) is 4.90. The van der Waals surface area contributed by atoms with Crippen molar-refractivity contribution >= 4 is 35.1 Å². The number of ether oxygens (including phenoxy) is 2. The first-order valence-electron chi connectivity index (χ1n) is 10.4. The average molecular weight is 502 g/mol. The van der Waals surface area contributed by atoms with Gasteiger partial charge >= 0.3 is 12.0 Å². The zero-order valence-corrected chi connectivity index (χ0v) is 19.9. The third-order valence-electron chi connectivity index (χ3n) is 5.78. The van der Waals surface area contributed by atoms with Crippen molar-refractivity contribution in [3.05, 3.63) is 69.8 Å². The second kappa shape index (κ2) is 9.87. The second-order valence-electron chi connectivity index (χ2n) is 7.66. The summed E-state index contributed by atoms with van der Waals surface area (Å²) in [7, 11) is 2.91. The molecule has 3 aromatic rings. The first-order valence-corrected chi connectivity index (χ1v) is 11.2. The summed E-state index contributed by atoms with van der Waals surface area (Å²) in [6.07, 6.45) is 2.32. The number of carbonyl (C=O) groups excluding carboxylic acids is 1. The quantitative estimate of drug-likeness (QED) is 0.512. The molecule has 1 amide bonds. The van der Waals surface area contributed by atoms with Crippen LogP contribution in [-0.4, -0.2) is 52.1 Å². The van der Waals surface area contributed by atoms with Crippen molar-refractivity contribution < 1.29 is 24.2 Å². The first-order chi connectivity index (χ1) is 16.3. The van der Waals surface area contributed by atoms with E-state index in [1.807, 2.05) is 12.1 Å². The molecule has 1 fully saturated rings. The summed E-state index contributed by atoms with van der Waals surface area (Å²) >= 11 is 12.9. The van der Waals surface area contributed by atoms with Crippen LogP contribution in [0, 0.1) is 0 Å². The van der Waals surface area contributed by atoms with Gasteiger partial charge < -0.3 is 19.5 Å². The Balaban J connectivity index is 1.71. The molecule has 1 aliphatic rings. The molecule has 1 aromatic heterocycles. The monoisotopic (exact) mass is 501 g/mol. The maximum Gasteiger partial charge on any atom is 0.326 e. The Kier molecular flexibility index (Phi) is 6.90. The molecule has 0 spiro atoms. The van der Waals surface area contributed by atoms with E-state index in [2.05, 4.69) is 9.97 Å². The SMILES string of the molecule is COc1ncc(-c2ccc(C(=O)N3[C@@H](c4ccccc4Cl)CC[C@H]3C(=O)O)cc2Cl)c(OC)n1. The van der Waals surface area contributed by atoms with Gasteiger partial charge in [-0.3, -0.25) is 4.79 Å². The number of carbonyl (C=O) groups is 2. The maximum atomic E-state index is 13.6. The van der Waals surface area contributed by atoms with E-state index >= 15 is 0 Å². The minimum absolute atomic E-state index is 0.142. The number of likely N-dealkylation sites (tertiary alicyclic amines) is 1. The van der Waals surface area contributed by atoms with Crippen molar-refractivity contribution in [2.45, 2.75) is 24.9 Å². The van der Waals surface area contributed by atoms with E-state index in [-0.39, 0.29) is 22.5 Å². The van der Waals surface area contributed by atoms with Crippen molar-refractivity contribution in [3.63, 3.8) is 0 Å². The summed E-state index contributed by atoms with van der Waals surface area (Å²) in [5, 5.41) is 10.5. The highest BCUT2D eigenvalue weighted by Crippen LogP contribution is 2.41. The smallest absolute Gasteiger partial charge is 0.326 e. The second-order valence-corrected chi connectivity index (χ2v) is 8.47. The van der Waals surface area contributed by atoms with Gasteiger partial charge in [0.05, 0.1) is 25.8 Å². The van der Waals surface area contributed by atoms with E-state index in [1.54, 1.807) is 24.3 Å². The van der Waals surface area contributed by atoms with E-state index in [9.17, 15) is 14.7 Å². The molecular weight excluding hydrogens is 481 g/mol. The number of halogens is 2. The molecule has 34 heavy (non-hydrogen) atoms. The fourth-order valence-electron chi connectivity index (χ4n) is 4.19. The number of rotatable bonds is 6. The summed E-state index contributed by atoms with van der Waals surface area (Å²) in [4.78, 5) is 35.1. The molecule has 0 radical (unpaired) electrons. The van der Waals surface area contributed by atoms with Gasteiger partial charge in [-0.1, -0.05) is 47.5 Å². The number of hydrogen-bond acceptors (Lipinski definition) is 6. The van der Waals surface area contributed by atoms with Gasteiger partial charge in [-0.15, -0.1) is 0 Å². The third-order valence-corrected chi connectivity index (χ3v) is 6.44. The zero-order valence-electron chi connectivity index (χ0n) is 18.4. The van der Waals surface area contributed by atoms with Crippen LogP contribution in [0.15, 0.2) is 48.7 Å². The van der Waals surface area contributed by atoms with Gasteiger partial charge in [0.2, 0.25) is 5.88 Å². The number of amides is 1. The highest BCUT2D eigenvalue weighted by atomic mass is 35.5. The molecule has 2 aromatic carbocycles. The van der Waals surface area contributed by atoms with Crippen LogP contribution >= 0.6 is 23.2 Å². The number of benzene rings is 2. The van der Waals surface area contributed by atoms with E-state index in [1.165, 1.54) is 31.4 Å². The maximum absolute atomic E-state index is 13.6. The number of methoxy groups -OCH3 is 2. The lowest BCUT2D eigenvalue weighted by Crippen LogP contribution is -2.41. The van der Waals surface area contributed by atoms with Crippen LogP contribution in [-0.2, 0) is 4.79 Å². The Bertz CT molecular complexity index is 1250. The summed E-state index contributed by atoms with van der Waals surface area (Å²) in [5.41, 5.74) is 2.04. The van der Waals surface area contributed by atoms with Gasteiger partial charge in [0, 0.05) is 27.4 Å². The molecular formula is C24H21Cl2N3O5. The normalized spacial score (nSPS) is 17.5. The van der Waals surface area contributed by atoms with Crippen LogP contribution in [0.2, 0.25) is 10.0 Å². The Morgan fingerprint density at radius 2 is 1.79 bits per heavy atom. The Labute approximate surface area is 206 Å². The molecule has 1 aliphatic heterocycles. The third kappa shape index (κ3) is 4.38. The van der Waals surface area contributed by atoms with E-state index in [0.717, 1.165) is 0 Å². The number of carboxylic acids is 1. The van der Waals surface area contributed by atoms with Gasteiger partial charge in [0.15, 0.2) is 0 Å². The van der Waals surface area contributed by atoms with E-state index < -0.39 is 24.0 Å². The largest absolute Gasteiger partial charge is 0.480 e. The van der Waals surface area contributed by atoms with Gasteiger partial charge in [0.25, 0.3) is 5.91 Å². The lowest BCUT2D eigenvalue weighted by atomic mass is 10.0. The van der Waals surface area contributed by atoms with Crippen molar-refractivity contribution in [1.29, 1.82) is 0 Å². The molecule has 176 valence electrons. The number of nitrogens with zero attached hydrogens (tertiary/aromatic N) is 3. The highest BCUT2D eigenvalue weighted by molar-refractivity contribution is 6.34. The van der Waals surface area contributed by atoms with Gasteiger partial charge in [-0.2, -0.15) is 4.98 Å². The summed E-state index contributed by atoms with van der Waals surface area (Å²) < 4.78 is 10.4. The molecule has 1 N–H and O–H groups in total. The minimum atomic E-state index is -1.06.